The zero-order valence-electron chi connectivity index (χ0n) is 10.1. The molecule has 0 unspecified atom stereocenters. The maximum absolute atomic E-state index is 12.1. The number of hydrogen-bond donors (Lipinski definition) is 0. The van der Waals surface area contributed by atoms with E-state index in [1.54, 1.807) is 17.5 Å². The largest absolute Gasteiger partial charge is 0.292 e. The Balaban J connectivity index is 2.14. The van der Waals surface area contributed by atoms with Gasteiger partial charge in [-0.15, -0.1) is 11.3 Å². The van der Waals surface area contributed by atoms with E-state index < -0.39 is 0 Å². The minimum Gasteiger partial charge on any atom is -0.292 e. The van der Waals surface area contributed by atoms with E-state index in [0.717, 1.165) is 16.9 Å². The Hall–Kier alpha value is -1.48. The van der Waals surface area contributed by atoms with Gasteiger partial charge in [-0.2, -0.15) is 0 Å². The average molecular weight is 245 g/mol. The summed E-state index contributed by atoms with van der Waals surface area (Å²) in [5.41, 5.74) is 1.55. The van der Waals surface area contributed by atoms with Gasteiger partial charge in [-0.3, -0.25) is 9.78 Å². The molecule has 0 saturated heterocycles. The first kappa shape index (κ1) is 12.0. The number of thiophene rings is 1. The molecule has 0 fully saturated rings. The molecule has 88 valence electrons. The van der Waals surface area contributed by atoms with Crippen LogP contribution in [0.25, 0.3) is 0 Å². The van der Waals surface area contributed by atoms with Crippen LogP contribution in [-0.4, -0.2) is 10.8 Å². The molecule has 0 radical (unpaired) electrons. The summed E-state index contributed by atoms with van der Waals surface area (Å²) in [7, 11) is 0. The average Bonchev–Trinajstić information content (AvgIpc) is 2.77. The standard InChI is InChI=1S/C14H15NOS/c1-3-11-6-7-12(17-11)9-13(16)14-10(2)5-4-8-15-14/h4-8H,3,9H2,1-2H3. The van der Waals surface area contributed by atoms with Crippen LogP contribution < -0.4 is 0 Å². The molecule has 0 amide bonds. The first-order chi connectivity index (χ1) is 8.20. The lowest BCUT2D eigenvalue weighted by Gasteiger charge is -2.01. The highest BCUT2D eigenvalue weighted by atomic mass is 32.1. The molecule has 0 spiro atoms. The van der Waals surface area contributed by atoms with E-state index in [9.17, 15) is 4.79 Å². The van der Waals surface area contributed by atoms with Gasteiger partial charge in [-0.25, -0.2) is 0 Å². The third kappa shape index (κ3) is 2.80. The monoisotopic (exact) mass is 245 g/mol. The Kier molecular flexibility index (Phi) is 3.69. The molecule has 0 aliphatic rings. The second-order valence-electron chi connectivity index (χ2n) is 3.99. The highest BCUT2D eigenvalue weighted by molar-refractivity contribution is 7.12. The number of nitrogens with zero attached hydrogens (tertiary/aromatic N) is 1. The summed E-state index contributed by atoms with van der Waals surface area (Å²) in [6.07, 6.45) is 3.16. The van der Waals surface area contributed by atoms with Crippen LogP contribution in [0.1, 0.15) is 32.7 Å². The molecule has 2 heterocycles. The highest BCUT2D eigenvalue weighted by Crippen LogP contribution is 2.19. The minimum atomic E-state index is 0.104. The Morgan fingerprint density at radius 3 is 2.71 bits per heavy atom. The molecule has 0 saturated carbocycles. The van der Waals surface area contributed by atoms with Crippen LogP contribution in [-0.2, 0) is 12.8 Å². The van der Waals surface area contributed by atoms with Crippen LogP contribution in [0.2, 0.25) is 0 Å². The molecule has 2 nitrogen and oxygen atoms in total. The van der Waals surface area contributed by atoms with E-state index in [1.807, 2.05) is 25.1 Å². The Morgan fingerprint density at radius 1 is 1.29 bits per heavy atom. The Labute approximate surface area is 105 Å². The lowest BCUT2D eigenvalue weighted by Crippen LogP contribution is -2.06. The molecule has 0 aliphatic heterocycles. The van der Waals surface area contributed by atoms with Crippen molar-refractivity contribution in [1.29, 1.82) is 0 Å². The molecule has 0 atom stereocenters. The maximum Gasteiger partial charge on any atom is 0.186 e. The van der Waals surface area contributed by atoms with Crippen LogP contribution in [0.3, 0.4) is 0 Å². The lowest BCUT2D eigenvalue weighted by molar-refractivity contribution is 0.0988. The van der Waals surface area contributed by atoms with Gasteiger partial charge in [-0.1, -0.05) is 13.0 Å². The van der Waals surface area contributed by atoms with Crippen LogP contribution in [0.5, 0.6) is 0 Å². The third-order valence-corrected chi connectivity index (χ3v) is 3.90. The number of ketones is 1. The van der Waals surface area contributed by atoms with Crippen molar-refractivity contribution >= 4 is 17.1 Å². The number of pyridine rings is 1. The van der Waals surface area contributed by atoms with Gasteiger partial charge < -0.3 is 0 Å². The van der Waals surface area contributed by atoms with Gasteiger partial charge in [0.2, 0.25) is 0 Å². The van der Waals surface area contributed by atoms with Crippen molar-refractivity contribution in [3.63, 3.8) is 0 Å². The number of Topliss-reactive ketones (excluding diaryl/α,β-unsaturated/α-hetero) is 1. The van der Waals surface area contributed by atoms with Crippen molar-refractivity contribution < 1.29 is 4.79 Å². The third-order valence-electron chi connectivity index (χ3n) is 2.67. The molecule has 0 N–H and O–H groups in total. The molecule has 2 aromatic rings. The molecule has 2 rings (SSSR count). The number of carbonyl (C=O) groups is 1. The van der Waals surface area contributed by atoms with Crippen molar-refractivity contribution in [2.45, 2.75) is 26.7 Å². The fourth-order valence-electron chi connectivity index (χ4n) is 1.73. The van der Waals surface area contributed by atoms with E-state index in [-0.39, 0.29) is 5.78 Å². The van der Waals surface area contributed by atoms with Crippen molar-refractivity contribution in [3.05, 3.63) is 51.5 Å². The van der Waals surface area contributed by atoms with E-state index in [1.165, 1.54) is 4.88 Å². The van der Waals surface area contributed by atoms with Crippen molar-refractivity contribution in [2.24, 2.45) is 0 Å². The Morgan fingerprint density at radius 2 is 2.06 bits per heavy atom. The predicted molar refractivity (Wildman–Crippen MR) is 70.7 cm³/mol. The van der Waals surface area contributed by atoms with Gasteiger partial charge in [0.1, 0.15) is 5.69 Å². The summed E-state index contributed by atoms with van der Waals surface area (Å²) >= 11 is 1.71. The SMILES string of the molecule is CCc1ccc(CC(=O)c2ncccc2C)s1. The number of aromatic nitrogens is 1. The second kappa shape index (κ2) is 5.23. The number of carbonyl (C=O) groups excluding carboxylic acids is 1. The molecule has 2 aromatic heterocycles. The zero-order chi connectivity index (χ0) is 12.3. The van der Waals surface area contributed by atoms with Crippen LogP contribution in [0.4, 0.5) is 0 Å². The summed E-state index contributed by atoms with van der Waals surface area (Å²) < 4.78 is 0. The van der Waals surface area contributed by atoms with Crippen LogP contribution in [0, 0.1) is 6.92 Å². The molecular formula is C14H15NOS. The van der Waals surface area contributed by atoms with Gasteiger partial charge in [-0.05, 0) is 37.1 Å². The molecule has 0 aromatic carbocycles. The minimum absolute atomic E-state index is 0.104. The van der Waals surface area contributed by atoms with E-state index in [4.69, 9.17) is 0 Å². The van der Waals surface area contributed by atoms with Crippen LogP contribution >= 0.6 is 11.3 Å². The van der Waals surface area contributed by atoms with Gasteiger partial charge in [0, 0.05) is 22.4 Å². The first-order valence-electron chi connectivity index (χ1n) is 5.73. The normalized spacial score (nSPS) is 10.5. The van der Waals surface area contributed by atoms with Crippen molar-refractivity contribution in [3.8, 4) is 0 Å². The van der Waals surface area contributed by atoms with E-state index >= 15 is 0 Å². The fourth-order valence-corrected chi connectivity index (χ4v) is 2.68. The van der Waals surface area contributed by atoms with Gasteiger partial charge in [0.15, 0.2) is 5.78 Å². The fraction of sp³-hybridized carbons (Fsp3) is 0.286. The maximum atomic E-state index is 12.1. The molecule has 17 heavy (non-hydrogen) atoms. The predicted octanol–water partition coefficient (Wildman–Crippen LogP) is 3.44. The Bertz CT molecular complexity index is 531. The first-order valence-corrected chi connectivity index (χ1v) is 6.54. The number of hydrogen-bond acceptors (Lipinski definition) is 3. The summed E-state index contributed by atoms with van der Waals surface area (Å²) in [5.74, 6) is 0.104. The number of rotatable bonds is 4. The molecular weight excluding hydrogens is 230 g/mol. The van der Waals surface area contributed by atoms with Crippen molar-refractivity contribution in [1.82, 2.24) is 4.98 Å². The van der Waals surface area contributed by atoms with E-state index in [0.29, 0.717) is 12.1 Å². The van der Waals surface area contributed by atoms with Gasteiger partial charge in [0.25, 0.3) is 0 Å². The van der Waals surface area contributed by atoms with E-state index in [2.05, 4.69) is 18.0 Å². The van der Waals surface area contributed by atoms with Crippen molar-refractivity contribution in [2.75, 3.05) is 0 Å². The lowest BCUT2D eigenvalue weighted by atomic mass is 10.1. The van der Waals surface area contributed by atoms with Gasteiger partial charge in [0.05, 0.1) is 0 Å². The van der Waals surface area contributed by atoms with Gasteiger partial charge >= 0.3 is 0 Å². The summed E-state index contributed by atoms with van der Waals surface area (Å²) in [5, 5.41) is 0. The van der Waals surface area contributed by atoms with Crippen LogP contribution in [0.15, 0.2) is 30.5 Å². The molecule has 0 bridgehead atoms. The topological polar surface area (TPSA) is 30.0 Å². The summed E-state index contributed by atoms with van der Waals surface area (Å²) in [6.45, 7) is 4.05. The molecule has 0 aliphatic carbocycles. The molecule has 3 heteroatoms. The smallest absolute Gasteiger partial charge is 0.186 e. The second-order valence-corrected chi connectivity index (χ2v) is 5.24. The quantitative estimate of drug-likeness (QED) is 0.772. The summed E-state index contributed by atoms with van der Waals surface area (Å²) in [6, 6.07) is 7.91. The highest BCUT2D eigenvalue weighted by Gasteiger charge is 2.12. The number of aryl methyl sites for hydroxylation is 2. The zero-order valence-corrected chi connectivity index (χ0v) is 10.9. The summed E-state index contributed by atoms with van der Waals surface area (Å²) in [4.78, 5) is 18.7.